The Kier molecular flexibility index (Phi) is 43.7. The van der Waals surface area contributed by atoms with E-state index in [0.717, 1.165) is 64.2 Å². The first kappa shape index (κ1) is 55.6. The average Bonchev–Trinajstić information content (AvgIpc) is 3.22. The zero-order valence-electron chi connectivity index (χ0n) is 38.2. The van der Waals surface area contributed by atoms with Crippen LogP contribution < -0.4 is 5.32 Å². The van der Waals surface area contributed by atoms with E-state index < -0.39 is 18.2 Å². The third-order valence-corrected chi connectivity index (χ3v) is 10.8. The molecule has 1 amide bonds. The van der Waals surface area contributed by atoms with Gasteiger partial charge < -0.3 is 20.3 Å². The fourth-order valence-corrected chi connectivity index (χ4v) is 7.05. The van der Waals surface area contributed by atoms with E-state index in [4.69, 9.17) is 4.74 Å². The monoisotopic (exact) mass is 812 g/mol. The zero-order chi connectivity index (χ0) is 42.4. The second-order valence-corrected chi connectivity index (χ2v) is 16.5. The summed E-state index contributed by atoms with van der Waals surface area (Å²) in [7, 11) is 0. The molecule has 0 aromatic rings. The van der Waals surface area contributed by atoms with Crippen LogP contribution in [0.5, 0.6) is 0 Å². The molecule has 6 nitrogen and oxygen atoms in total. The smallest absolute Gasteiger partial charge is 0.306 e. The summed E-state index contributed by atoms with van der Waals surface area (Å²) < 4.78 is 5.85. The summed E-state index contributed by atoms with van der Waals surface area (Å²) in [5.41, 5.74) is 0. The van der Waals surface area contributed by atoms with Gasteiger partial charge in [0.25, 0.3) is 0 Å². The Morgan fingerprint density at radius 2 is 0.914 bits per heavy atom. The maximum absolute atomic E-state index is 13.1. The molecule has 0 bridgehead atoms. The number of esters is 1. The number of carbonyl (C=O) groups excluding carboxylic acids is 2. The molecule has 0 aromatic carbocycles. The van der Waals surface area contributed by atoms with Crippen LogP contribution in [0.1, 0.15) is 233 Å². The minimum Gasteiger partial charge on any atom is -0.461 e. The quantitative estimate of drug-likeness (QED) is 0.0324. The van der Waals surface area contributed by atoms with E-state index in [0.29, 0.717) is 19.3 Å². The number of allylic oxidation sites excluding steroid dienone is 9. The van der Waals surface area contributed by atoms with Gasteiger partial charge in [-0.15, -0.1) is 0 Å². The second-order valence-electron chi connectivity index (χ2n) is 16.5. The summed E-state index contributed by atoms with van der Waals surface area (Å²) in [4.78, 5) is 26.0. The van der Waals surface area contributed by atoms with Crippen LogP contribution in [0.3, 0.4) is 0 Å². The highest BCUT2D eigenvalue weighted by atomic mass is 16.5. The normalized spacial score (nSPS) is 13.8. The number of amides is 1. The maximum Gasteiger partial charge on any atom is 0.306 e. The lowest BCUT2D eigenvalue weighted by atomic mass is 10.0. The lowest BCUT2D eigenvalue weighted by Crippen LogP contribution is -2.46. The molecule has 0 heterocycles. The van der Waals surface area contributed by atoms with Crippen LogP contribution in [-0.4, -0.2) is 46.9 Å². The highest BCUT2D eigenvalue weighted by Crippen LogP contribution is 2.16. The van der Waals surface area contributed by atoms with Gasteiger partial charge in [-0.05, 0) is 70.6 Å². The van der Waals surface area contributed by atoms with Gasteiger partial charge >= 0.3 is 5.97 Å². The fraction of sp³-hybridized carbons (Fsp3) is 0.769. The molecule has 336 valence electrons. The Morgan fingerprint density at radius 1 is 0.517 bits per heavy atom. The predicted octanol–water partition coefficient (Wildman–Crippen LogP) is 14.5. The lowest BCUT2D eigenvalue weighted by molar-refractivity contribution is -0.150. The Hall–Kier alpha value is -2.44. The molecule has 0 saturated carbocycles. The number of nitrogens with one attached hydrogen (secondary N) is 1. The number of aliphatic hydroxyl groups is 2. The lowest BCUT2D eigenvalue weighted by Gasteiger charge is -2.24. The average molecular weight is 812 g/mol. The number of aliphatic hydroxyl groups excluding tert-OH is 2. The molecule has 0 aliphatic rings. The summed E-state index contributed by atoms with van der Waals surface area (Å²) in [6, 6.07) is -0.732. The summed E-state index contributed by atoms with van der Waals surface area (Å²) in [6.45, 7) is 6.39. The first-order valence-corrected chi connectivity index (χ1v) is 24.5. The molecule has 0 radical (unpaired) electrons. The van der Waals surface area contributed by atoms with Gasteiger partial charge in [0.05, 0.1) is 25.2 Å². The van der Waals surface area contributed by atoms with Gasteiger partial charge in [-0.2, -0.15) is 0 Å². The maximum atomic E-state index is 13.1. The van der Waals surface area contributed by atoms with Gasteiger partial charge in [0.1, 0.15) is 6.10 Å². The van der Waals surface area contributed by atoms with E-state index >= 15 is 0 Å². The predicted molar refractivity (Wildman–Crippen MR) is 250 cm³/mol. The van der Waals surface area contributed by atoms with Crippen molar-refractivity contribution in [3.63, 3.8) is 0 Å². The van der Waals surface area contributed by atoms with Crippen molar-refractivity contribution >= 4 is 11.9 Å². The van der Waals surface area contributed by atoms with Crippen LogP contribution in [-0.2, 0) is 14.3 Å². The van der Waals surface area contributed by atoms with Gasteiger partial charge in [0.15, 0.2) is 0 Å². The second kappa shape index (κ2) is 45.6. The summed E-state index contributed by atoms with van der Waals surface area (Å²) in [6.07, 6.45) is 55.8. The van der Waals surface area contributed by atoms with E-state index in [1.165, 1.54) is 122 Å². The minimum absolute atomic E-state index is 0.00243. The van der Waals surface area contributed by atoms with Crippen molar-refractivity contribution in [2.45, 2.75) is 251 Å². The van der Waals surface area contributed by atoms with E-state index in [9.17, 15) is 19.8 Å². The van der Waals surface area contributed by atoms with Crippen molar-refractivity contribution in [2.75, 3.05) is 6.61 Å². The Morgan fingerprint density at radius 3 is 1.43 bits per heavy atom. The molecule has 0 saturated heterocycles. The van der Waals surface area contributed by atoms with Crippen LogP contribution in [0.25, 0.3) is 0 Å². The molecule has 3 atom stereocenters. The molecule has 6 heteroatoms. The number of hydrogen-bond acceptors (Lipinski definition) is 5. The van der Waals surface area contributed by atoms with Gasteiger partial charge in [-0.1, -0.05) is 204 Å². The van der Waals surface area contributed by atoms with Crippen LogP contribution in [0.4, 0.5) is 0 Å². The third-order valence-electron chi connectivity index (χ3n) is 10.8. The van der Waals surface area contributed by atoms with Crippen molar-refractivity contribution < 1.29 is 24.5 Å². The topological polar surface area (TPSA) is 95.9 Å². The molecule has 3 unspecified atom stereocenters. The van der Waals surface area contributed by atoms with Gasteiger partial charge in [0.2, 0.25) is 5.91 Å². The first-order chi connectivity index (χ1) is 28.5. The van der Waals surface area contributed by atoms with Gasteiger partial charge in [-0.3, -0.25) is 9.59 Å². The van der Waals surface area contributed by atoms with E-state index in [1.54, 1.807) is 0 Å². The highest BCUT2D eigenvalue weighted by molar-refractivity contribution is 5.77. The van der Waals surface area contributed by atoms with Crippen LogP contribution in [0.15, 0.2) is 60.8 Å². The van der Waals surface area contributed by atoms with Crippen molar-refractivity contribution in [3.8, 4) is 0 Å². The van der Waals surface area contributed by atoms with Crippen LogP contribution in [0.2, 0.25) is 0 Å². The first-order valence-electron chi connectivity index (χ1n) is 24.5. The molecule has 0 spiro atoms. The fourth-order valence-electron chi connectivity index (χ4n) is 7.05. The highest BCUT2D eigenvalue weighted by Gasteiger charge is 2.23. The van der Waals surface area contributed by atoms with Gasteiger partial charge in [0, 0.05) is 12.8 Å². The van der Waals surface area contributed by atoms with Crippen molar-refractivity contribution in [1.82, 2.24) is 5.32 Å². The SMILES string of the molecule is CCCCC/C=C\C/C=C\C/C=C\C/C=C\CC(CC(=O)NC(CO)C(O)CCCCCCCCCCCCCC)OC(=O)CCCCCCC/C=C\CCCCC. The van der Waals surface area contributed by atoms with Crippen molar-refractivity contribution in [1.29, 1.82) is 0 Å². The van der Waals surface area contributed by atoms with E-state index in [1.807, 2.05) is 12.2 Å². The summed E-state index contributed by atoms with van der Waals surface area (Å²) in [5.74, 6) is -0.588. The Bertz CT molecular complexity index is 1050. The Balaban J connectivity index is 4.75. The van der Waals surface area contributed by atoms with Crippen molar-refractivity contribution in [3.05, 3.63) is 60.8 Å². The minimum atomic E-state index is -0.812. The summed E-state index contributed by atoms with van der Waals surface area (Å²) >= 11 is 0. The zero-order valence-corrected chi connectivity index (χ0v) is 38.2. The molecule has 0 aliphatic heterocycles. The Labute approximate surface area is 358 Å². The molecule has 0 rings (SSSR count). The van der Waals surface area contributed by atoms with Crippen molar-refractivity contribution in [2.24, 2.45) is 0 Å². The molecule has 58 heavy (non-hydrogen) atoms. The summed E-state index contributed by atoms with van der Waals surface area (Å²) in [5, 5.41) is 23.7. The number of rotatable bonds is 43. The molecule has 0 aromatic heterocycles. The number of ether oxygens (including phenoxy) is 1. The van der Waals surface area contributed by atoms with Crippen LogP contribution in [0, 0.1) is 0 Å². The molecule has 3 N–H and O–H groups in total. The van der Waals surface area contributed by atoms with Crippen LogP contribution >= 0.6 is 0 Å². The standard InChI is InChI=1S/C52H93NO5/c1-4-7-10-13-16-19-22-25-26-27-28-31-34-37-40-43-48(58-52(57)45-42-39-36-33-30-24-21-18-15-12-9-6-3)46-51(56)53-49(47-54)50(55)44-41-38-35-32-29-23-20-17-14-11-8-5-2/h16,18-19,21,25-26,28,31,37,40,48-50,54-55H,4-15,17,20,22-24,27,29-30,32-36,38-39,41-47H2,1-3H3,(H,53,56)/b19-16-,21-18-,26-25-,31-28-,40-37-. The van der Waals surface area contributed by atoms with E-state index in [2.05, 4.69) is 74.7 Å². The third kappa shape index (κ3) is 40.3. The largest absolute Gasteiger partial charge is 0.461 e. The number of hydrogen-bond donors (Lipinski definition) is 3. The number of carbonyl (C=O) groups is 2. The molecular weight excluding hydrogens is 719 g/mol. The van der Waals surface area contributed by atoms with Gasteiger partial charge in [-0.25, -0.2) is 0 Å². The molecule has 0 aliphatic carbocycles. The van der Waals surface area contributed by atoms with E-state index in [-0.39, 0.29) is 24.9 Å². The molecular formula is C52H93NO5. The molecule has 0 fully saturated rings. The number of unbranched alkanes of at least 4 members (excludes halogenated alkanes) is 22.